The summed E-state index contributed by atoms with van der Waals surface area (Å²) in [5.41, 5.74) is 2.29. The lowest BCUT2D eigenvalue weighted by atomic mass is 10.0. The maximum atomic E-state index is 5.43. The molecule has 4 heteroatoms. The zero-order valence-corrected chi connectivity index (χ0v) is 13.2. The maximum Gasteiger partial charge on any atom is 0.124 e. The maximum absolute atomic E-state index is 5.43. The fourth-order valence-electron chi connectivity index (χ4n) is 2.20. The van der Waals surface area contributed by atoms with E-state index in [1.807, 2.05) is 13.0 Å². The van der Waals surface area contributed by atoms with Gasteiger partial charge in [-0.1, -0.05) is 6.07 Å². The molecular weight excluding hydrogens is 254 g/mol. The van der Waals surface area contributed by atoms with E-state index in [-0.39, 0.29) is 6.04 Å². The van der Waals surface area contributed by atoms with E-state index in [0.717, 1.165) is 24.5 Å². The third-order valence-electron chi connectivity index (χ3n) is 3.21. The van der Waals surface area contributed by atoms with Crippen molar-refractivity contribution in [2.24, 2.45) is 0 Å². The van der Waals surface area contributed by atoms with E-state index in [2.05, 4.69) is 31.3 Å². The molecule has 20 heavy (non-hydrogen) atoms. The van der Waals surface area contributed by atoms with Gasteiger partial charge in [-0.15, -0.1) is 0 Å². The van der Waals surface area contributed by atoms with Crippen molar-refractivity contribution in [3.05, 3.63) is 29.3 Å². The van der Waals surface area contributed by atoms with Crippen LogP contribution in [0, 0.1) is 0 Å². The van der Waals surface area contributed by atoms with Gasteiger partial charge in [0.1, 0.15) is 5.75 Å². The third kappa shape index (κ3) is 5.12. The van der Waals surface area contributed by atoms with Gasteiger partial charge < -0.3 is 19.5 Å². The summed E-state index contributed by atoms with van der Waals surface area (Å²) in [4.78, 5) is 0. The standard InChI is InChI=1S/C16H27NO3/c1-6-20-10-12(2)17-13(3)14-7-8-16(19-5)15(9-14)11-18-4/h7-9,12-13,17H,6,10-11H2,1-5H3. The topological polar surface area (TPSA) is 39.7 Å². The summed E-state index contributed by atoms with van der Waals surface area (Å²) in [6.45, 7) is 8.32. The second kappa shape index (κ2) is 8.95. The Labute approximate surface area is 122 Å². The van der Waals surface area contributed by atoms with Crippen molar-refractivity contribution in [1.82, 2.24) is 5.32 Å². The summed E-state index contributed by atoms with van der Waals surface area (Å²) in [7, 11) is 3.37. The highest BCUT2D eigenvalue weighted by molar-refractivity contribution is 5.38. The van der Waals surface area contributed by atoms with Crippen molar-refractivity contribution in [3.63, 3.8) is 0 Å². The molecule has 2 atom stereocenters. The van der Waals surface area contributed by atoms with Gasteiger partial charge in [0.05, 0.1) is 20.3 Å². The van der Waals surface area contributed by atoms with Crippen LogP contribution in [-0.4, -0.2) is 33.5 Å². The highest BCUT2D eigenvalue weighted by Crippen LogP contribution is 2.24. The Balaban J connectivity index is 2.72. The molecule has 0 bridgehead atoms. The van der Waals surface area contributed by atoms with E-state index in [4.69, 9.17) is 14.2 Å². The Kier molecular flexibility index (Phi) is 7.59. The van der Waals surface area contributed by atoms with E-state index in [9.17, 15) is 0 Å². The number of hydrogen-bond donors (Lipinski definition) is 1. The SMILES string of the molecule is CCOCC(C)NC(C)c1ccc(OC)c(COC)c1. The molecule has 0 radical (unpaired) electrons. The number of rotatable bonds is 9. The summed E-state index contributed by atoms with van der Waals surface area (Å²) in [5.74, 6) is 0.866. The van der Waals surface area contributed by atoms with Gasteiger partial charge in [0.2, 0.25) is 0 Å². The lowest BCUT2D eigenvalue weighted by Crippen LogP contribution is -2.32. The minimum Gasteiger partial charge on any atom is -0.496 e. The normalized spacial score (nSPS) is 14.1. The quantitative estimate of drug-likeness (QED) is 0.755. The second-order valence-electron chi connectivity index (χ2n) is 4.95. The van der Waals surface area contributed by atoms with Crippen LogP contribution < -0.4 is 10.1 Å². The van der Waals surface area contributed by atoms with Crippen molar-refractivity contribution in [2.45, 2.75) is 39.5 Å². The largest absolute Gasteiger partial charge is 0.496 e. The van der Waals surface area contributed by atoms with Gasteiger partial charge >= 0.3 is 0 Å². The molecule has 0 aliphatic rings. The van der Waals surface area contributed by atoms with Crippen molar-refractivity contribution in [3.8, 4) is 5.75 Å². The average Bonchev–Trinajstić information content (AvgIpc) is 2.45. The molecule has 2 unspecified atom stereocenters. The number of ether oxygens (including phenoxy) is 3. The minimum atomic E-state index is 0.256. The predicted molar refractivity (Wildman–Crippen MR) is 81.2 cm³/mol. The minimum absolute atomic E-state index is 0.256. The zero-order valence-electron chi connectivity index (χ0n) is 13.2. The van der Waals surface area contributed by atoms with Crippen molar-refractivity contribution in [2.75, 3.05) is 27.4 Å². The number of benzene rings is 1. The molecule has 0 heterocycles. The molecule has 0 amide bonds. The van der Waals surface area contributed by atoms with Crippen LogP contribution in [0.1, 0.15) is 37.9 Å². The Morgan fingerprint density at radius 3 is 2.55 bits per heavy atom. The van der Waals surface area contributed by atoms with Gasteiger partial charge in [0.15, 0.2) is 0 Å². The smallest absolute Gasteiger partial charge is 0.124 e. The monoisotopic (exact) mass is 281 g/mol. The number of nitrogens with one attached hydrogen (secondary N) is 1. The van der Waals surface area contributed by atoms with Crippen LogP contribution in [0.15, 0.2) is 18.2 Å². The Morgan fingerprint density at radius 1 is 1.20 bits per heavy atom. The van der Waals surface area contributed by atoms with Gasteiger partial charge in [0, 0.05) is 31.4 Å². The molecule has 114 valence electrons. The Bertz CT molecular complexity index is 395. The molecule has 0 fully saturated rings. The van der Waals surface area contributed by atoms with Gasteiger partial charge in [0.25, 0.3) is 0 Å². The molecule has 0 spiro atoms. The first-order valence-electron chi connectivity index (χ1n) is 7.11. The van der Waals surface area contributed by atoms with Crippen LogP contribution in [0.4, 0.5) is 0 Å². The third-order valence-corrected chi connectivity index (χ3v) is 3.21. The fourth-order valence-corrected chi connectivity index (χ4v) is 2.20. The summed E-state index contributed by atoms with van der Waals surface area (Å²) in [5, 5.41) is 3.53. The van der Waals surface area contributed by atoms with Gasteiger partial charge in [-0.3, -0.25) is 0 Å². The number of methoxy groups -OCH3 is 2. The molecule has 0 saturated heterocycles. The molecule has 0 aromatic heterocycles. The molecule has 1 aromatic carbocycles. The average molecular weight is 281 g/mol. The van der Waals surface area contributed by atoms with Crippen molar-refractivity contribution in [1.29, 1.82) is 0 Å². The summed E-state index contributed by atoms with van der Waals surface area (Å²) in [6, 6.07) is 6.79. The second-order valence-corrected chi connectivity index (χ2v) is 4.95. The zero-order chi connectivity index (χ0) is 15.0. The van der Waals surface area contributed by atoms with E-state index in [1.54, 1.807) is 14.2 Å². The summed E-state index contributed by atoms with van der Waals surface area (Å²) < 4.78 is 16.0. The van der Waals surface area contributed by atoms with Crippen LogP contribution >= 0.6 is 0 Å². The first-order chi connectivity index (χ1) is 9.62. The Morgan fingerprint density at radius 2 is 1.95 bits per heavy atom. The molecule has 4 nitrogen and oxygen atoms in total. The first-order valence-corrected chi connectivity index (χ1v) is 7.11. The van der Waals surface area contributed by atoms with Crippen LogP contribution in [0.3, 0.4) is 0 Å². The van der Waals surface area contributed by atoms with E-state index in [1.165, 1.54) is 5.56 Å². The lowest BCUT2D eigenvalue weighted by molar-refractivity contribution is 0.124. The fraction of sp³-hybridized carbons (Fsp3) is 0.625. The van der Waals surface area contributed by atoms with E-state index < -0.39 is 0 Å². The Hall–Kier alpha value is -1.10. The van der Waals surface area contributed by atoms with Crippen molar-refractivity contribution >= 4 is 0 Å². The summed E-state index contributed by atoms with van der Waals surface area (Å²) in [6.07, 6.45) is 0. The molecule has 0 aliphatic carbocycles. The van der Waals surface area contributed by atoms with Gasteiger partial charge in [-0.2, -0.15) is 0 Å². The van der Waals surface area contributed by atoms with E-state index in [0.29, 0.717) is 12.6 Å². The lowest BCUT2D eigenvalue weighted by Gasteiger charge is -2.21. The number of hydrogen-bond acceptors (Lipinski definition) is 4. The van der Waals surface area contributed by atoms with Crippen LogP contribution in [0.2, 0.25) is 0 Å². The molecule has 1 rings (SSSR count). The molecular formula is C16H27NO3. The summed E-state index contributed by atoms with van der Waals surface area (Å²) >= 11 is 0. The first kappa shape index (κ1) is 17.0. The predicted octanol–water partition coefficient (Wildman–Crippen LogP) is 2.92. The molecule has 1 aromatic rings. The highest BCUT2D eigenvalue weighted by Gasteiger charge is 2.12. The highest BCUT2D eigenvalue weighted by atomic mass is 16.5. The molecule has 1 N–H and O–H groups in total. The van der Waals surface area contributed by atoms with Crippen molar-refractivity contribution < 1.29 is 14.2 Å². The van der Waals surface area contributed by atoms with Crippen LogP contribution in [0.25, 0.3) is 0 Å². The molecule has 0 saturated carbocycles. The van der Waals surface area contributed by atoms with Gasteiger partial charge in [-0.25, -0.2) is 0 Å². The van der Waals surface area contributed by atoms with Crippen LogP contribution in [-0.2, 0) is 16.1 Å². The van der Waals surface area contributed by atoms with Crippen LogP contribution in [0.5, 0.6) is 5.75 Å². The molecule has 0 aliphatic heterocycles. The van der Waals surface area contributed by atoms with E-state index >= 15 is 0 Å². The van der Waals surface area contributed by atoms with Gasteiger partial charge in [-0.05, 0) is 38.5 Å².